The van der Waals surface area contributed by atoms with Gasteiger partial charge in [-0.3, -0.25) is 0 Å². The lowest BCUT2D eigenvalue weighted by molar-refractivity contribution is 0.907. The number of rotatable bonds is 2. The third kappa shape index (κ3) is 2.75. The van der Waals surface area contributed by atoms with Crippen LogP contribution < -0.4 is 0 Å². The molecule has 0 aromatic carbocycles. The predicted octanol–water partition coefficient (Wildman–Crippen LogP) is 3.87. The maximum Gasteiger partial charge on any atom is -0.0273 e. The first-order valence-electron chi connectivity index (χ1n) is 4.35. The zero-order valence-electron chi connectivity index (χ0n) is 7.69. The molecule has 0 N–H and O–H groups in total. The van der Waals surface area contributed by atoms with Crippen molar-refractivity contribution in [2.75, 3.05) is 0 Å². The van der Waals surface area contributed by atoms with Gasteiger partial charge in [-0.05, 0) is 30.4 Å². The van der Waals surface area contributed by atoms with E-state index in [9.17, 15) is 0 Å². The lowest BCUT2D eigenvalue weighted by Crippen LogP contribution is -1.71. The lowest BCUT2D eigenvalue weighted by Gasteiger charge is -1.92. The largest absolute Gasteiger partial charge is 0.0988 e. The lowest BCUT2D eigenvalue weighted by atomic mass is 10.1. The van der Waals surface area contributed by atoms with Crippen molar-refractivity contribution in [1.29, 1.82) is 0 Å². The average Bonchev–Trinajstić information content (AvgIpc) is 2.54. The summed E-state index contributed by atoms with van der Waals surface area (Å²) < 4.78 is 0. The van der Waals surface area contributed by atoms with Crippen LogP contribution in [0, 0.1) is 0 Å². The molecule has 0 aromatic rings. The Morgan fingerprint density at radius 1 is 1.00 bits per heavy atom. The van der Waals surface area contributed by atoms with Crippen LogP contribution in [-0.4, -0.2) is 0 Å². The number of allylic oxidation sites excluding steroid dienone is 4. The van der Waals surface area contributed by atoms with Crippen LogP contribution in [0.3, 0.4) is 0 Å². The minimum Gasteiger partial charge on any atom is -0.0988 e. The summed E-state index contributed by atoms with van der Waals surface area (Å²) >= 11 is 0. The van der Waals surface area contributed by atoms with E-state index >= 15 is 0 Å². The van der Waals surface area contributed by atoms with Crippen LogP contribution >= 0.6 is 0 Å². The quantitative estimate of drug-likeness (QED) is 0.560. The van der Waals surface area contributed by atoms with E-state index in [-0.39, 0.29) is 0 Å². The van der Waals surface area contributed by atoms with Crippen LogP contribution in [0.2, 0.25) is 0 Å². The zero-order chi connectivity index (χ0) is 8.69. The van der Waals surface area contributed by atoms with Crippen LogP contribution in [0.15, 0.2) is 36.5 Å². The predicted molar refractivity (Wildman–Crippen MR) is 52.6 cm³/mol. The average molecular weight is 150 g/mol. The van der Waals surface area contributed by atoms with Crippen molar-refractivity contribution in [2.24, 2.45) is 0 Å². The van der Waals surface area contributed by atoms with Gasteiger partial charge in [0, 0.05) is 0 Å². The minimum atomic E-state index is 1.20. The van der Waals surface area contributed by atoms with E-state index in [2.05, 4.69) is 13.2 Å². The molecule has 0 aliphatic heterocycles. The van der Waals surface area contributed by atoms with Gasteiger partial charge in [0.2, 0.25) is 0 Å². The molecule has 0 aromatic heterocycles. The first kappa shape index (κ1) is 10.2. The molecule has 0 atom stereocenters. The Bertz CT molecular complexity index is 143. The highest BCUT2D eigenvalue weighted by Crippen LogP contribution is 2.26. The fourth-order valence-electron chi connectivity index (χ4n) is 1.26. The second-order valence-electron chi connectivity index (χ2n) is 2.31. The van der Waals surface area contributed by atoms with Crippen LogP contribution in [-0.2, 0) is 0 Å². The van der Waals surface area contributed by atoms with Gasteiger partial charge in [0.05, 0.1) is 0 Å². The monoisotopic (exact) mass is 150 g/mol. The van der Waals surface area contributed by atoms with Crippen LogP contribution in [0.1, 0.15) is 33.1 Å². The van der Waals surface area contributed by atoms with Crippen molar-refractivity contribution in [2.45, 2.75) is 33.1 Å². The molecule has 1 aliphatic rings. The molecule has 0 unspecified atom stereocenters. The number of hydrogen-bond acceptors (Lipinski definition) is 0. The Hall–Kier alpha value is -0.780. The summed E-state index contributed by atoms with van der Waals surface area (Å²) in [7, 11) is 0. The number of hydrogen-bond donors (Lipinski definition) is 0. The summed E-state index contributed by atoms with van der Waals surface area (Å²) in [4.78, 5) is 0. The maximum atomic E-state index is 3.74. The second-order valence-corrected chi connectivity index (χ2v) is 2.31. The smallest absolute Gasteiger partial charge is 0.0273 e. The van der Waals surface area contributed by atoms with Crippen molar-refractivity contribution in [3.05, 3.63) is 36.5 Å². The van der Waals surface area contributed by atoms with E-state index in [1.807, 2.05) is 26.0 Å². The molecule has 0 saturated heterocycles. The van der Waals surface area contributed by atoms with Gasteiger partial charge in [0.15, 0.2) is 0 Å². The van der Waals surface area contributed by atoms with Crippen LogP contribution in [0.5, 0.6) is 0 Å². The molecule has 0 amide bonds. The van der Waals surface area contributed by atoms with E-state index in [1.54, 1.807) is 0 Å². The summed E-state index contributed by atoms with van der Waals surface area (Å²) in [6, 6.07) is 0. The van der Waals surface area contributed by atoms with Crippen molar-refractivity contribution in [3.8, 4) is 0 Å². The summed E-state index contributed by atoms with van der Waals surface area (Å²) in [6.07, 6.45) is 7.58. The molecule has 0 fully saturated rings. The Kier molecular flexibility index (Phi) is 5.54. The molecule has 0 heteroatoms. The van der Waals surface area contributed by atoms with Gasteiger partial charge in [0.25, 0.3) is 0 Å². The third-order valence-corrected chi connectivity index (χ3v) is 1.80. The van der Waals surface area contributed by atoms with Crippen molar-refractivity contribution in [1.82, 2.24) is 0 Å². The van der Waals surface area contributed by atoms with Gasteiger partial charge in [-0.1, -0.05) is 39.2 Å². The highest BCUT2D eigenvalue weighted by atomic mass is 14.1. The van der Waals surface area contributed by atoms with Gasteiger partial charge >= 0.3 is 0 Å². The molecule has 1 rings (SSSR count). The molecule has 11 heavy (non-hydrogen) atoms. The van der Waals surface area contributed by atoms with Crippen molar-refractivity contribution < 1.29 is 0 Å². The Balaban J connectivity index is 0.000000461. The Morgan fingerprint density at radius 3 is 1.64 bits per heavy atom. The molecule has 0 saturated carbocycles. The topological polar surface area (TPSA) is 0 Å². The van der Waals surface area contributed by atoms with Gasteiger partial charge in [-0.2, -0.15) is 0 Å². The molecule has 1 aliphatic carbocycles. The van der Waals surface area contributed by atoms with E-state index in [4.69, 9.17) is 0 Å². The summed E-state index contributed by atoms with van der Waals surface area (Å²) in [5.41, 5.74) is 2.79. The molecule has 0 nitrogen and oxygen atoms in total. The minimum absolute atomic E-state index is 1.20. The van der Waals surface area contributed by atoms with Gasteiger partial charge in [0.1, 0.15) is 0 Å². The Morgan fingerprint density at radius 2 is 1.36 bits per heavy atom. The fourth-order valence-corrected chi connectivity index (χ4v) is 1.26. The van der Waals surface area contributed by atoms with Gasteiger partial charge in [-0.15, -0.1) is 0 Å². The van der Waals surface area contributed by atoms with Gasteiger partial charge in [-0.25, -0.2) is 0 Å². The molecule has 62 valence electrons. The molecule has 0 heterocycles. The van der Waals surface area contributed by atoms with Crippen molar-refractivity contribution in [3.63, 3.8) is 0 Å². The van der Waals surface area contributed by atoms with E-state index in [0.29, 0.717) is 0 Å². The molecular formula is C11H18. The highest BCUT2D eigenvalue weighted by Gasteiger charge is 2.07. The van der Waals surface area contributed by atoms with Crippen LogP contribution in [0.4, 0.5) is 0 Å². The summed E-state index contributed by atoms with van der Waals surface area (Å²) in [5.74, 6) is 0. The third-order valence-electron chi connectivity index (χ3n) is 1.80. The molecular weight excluding hydrogens is 132 g/mol. The van der Waals surface area contributed by atoms with E-state index in [1.165, 1.54) is 30.4 Å². The first-order valence-corrected chi connectivity index (χ1v) is 4.35. The summed E-state index contributed by atoms with van der Waals surface area (Å²) in [6.45, 7) is 11.5. The van der Waals surface area contributed by atoms with E-state index in [0.717, 1.165) is 0 Å². The second kappa shape index (κ2) is 5.96. The van der Waals surface area contributed by atoms with E-state index < -0.39 is 0 Å². The van der Waals surface area contributed by atoms with Gasteiger partial charge < -0.3 is 0 Å². The standard InChI is InChI=1S/C9H12.C2H6/c1-3-8-6-5-7-9(8)4-2;1-2/h3-4H,1-2,5-7H2;1-2H3. The fraction of sp³-hybridized carbons (Fsp3) is 0.455. The normalized spacial score (nSPS) is 15.5. The summed E-state index contributed by atoms with van der Waals surface area (Å²) in [5, 5.41) is 0. The molecule has 0 bridgehead atoms. The Labute approximate surface area is 70.3 Å². The molecule has 0 spiro atoms. The SMILES string of the molecule is C=CC1=C(C=C)CCC1.CC. The zero-order valence-corrected chi connectivity index (χ0v) is 7.69. The first-order chi connectivity index (χ1) is 5.38. The maximum absolute atomic E-state index is 3.74. The highest BCUT2D eigenvalue weighted by molar-refractivity contribution is 5.34. The van der Waals surface area contributed by atoms with Crippen LogP contribution in [0.25, 0.3) is 0 Å². The van der Waals surface area contributed by atoms with Crippen molar-refractivity contribution >= 4 is 0 Å². The molecule has 0 radical (unpaired) electrons.